The predicted octanol–water partition coefficient (Wildman–Crippen LogP) is 3.08. The lowest BCUT2D eigenvalue weighted by Gasteiger charge is -2.32. The molecule has 0 unspecified atom stereocenters. The van der Waals surface area contributed by atoms with Crippen molar-refractivity contribution in [2.75, 3.05) is 43.5 Å². The Labute approximate surface area is 158 Å². The Morgan fingerprint density at radius 2 is 1.93 bits per heavy atom. The summed E-state index contributed by atoms with van der Waals surface area (Å²) in [5.74, 6) is 0.199. The van der Waals surface area contributed by atoms with Crippen molar-refractivity contribution >= 4 is 17.7 Å². The van der Waals surface area contributed by atoms with Gasteiger partial charge in [0.15, 0.2) is 5.69 Å². The Hall–Kier alpha value is -2.06. The maximum atomic E-state index is 13.1. The molecular formula is C18H28F3N5O. The van der Waals surface area contributed by atoms with Gasteiger partial charge in [-0.2, -0.15) is 18.2 Å². The summed E-state index contributed by atoms with van der Waals surface area (Å²) >= 11 is 0. The average molecular weight is 387 g/mol. The molecule has 0 radical (unpaired) electrons. The van der Waals surface area contributed by atoms with E-state index in [4.69, 9.17) is 0 Å². The Morgan fingerprint density at radius 1 is 1.26 bits per heavy atom. The Bertz CT molecular complexity index is 628. The van der Waals surface area contributed by atoms with Crippen molar-refractivity contribution < 1.29 is 18.0 Å². The van der Waals surface area contributed by atoms with Crippen molar-refractivity contribution in [3.63, 3.8) is 0 Å². The van der Waals surface area contributed by atoms with E-state index in [9.17, 15) is 18.0 Å². The number of alkyl halides is 3. The highest BCUT2D eigenvalue weighted by molar-refractivity contribution is 5.78. The van der Waals surface area contributed by atoms with Gasteiger partial charge in [-0.1, -0.05) is 19.8 Å². The summed E-state index contributed by atoms with van der Waals surface area (Å²) in [6.07, 6.45) is -0.224. The molecule has 0 atom stereocenters. The van der Waals surface area contributed by atoms with Crippen molar-refractivity contribution in [2.24, 2.45) is 5.92 Å². The quantitative estimate of drug-likeness (QED) is 0.729. The van der Waals surface area contributed by atoms with E-state index < -0.39 is 11.9 Å². The fourth-order valence-corrected chi connectivity index (χ4v) is 3.01. The lowest BCUT2D eigenvalue weighted by Crippen LogP contribution is -2.41. The van der Waals surface area contributed by atoms with Crippen LogP contribution in [0.5, 0.6) is 0 Å². The van der Waals surface area contributed by atoms with E-state index in [2.05, 4.69) is 22.2 Å². The van der Waals surface area contributed by atoms with Gasteiger partial charge in [0.25, 0.3) is 0 Å². The number of hydrogen-bond acceptors (Lipinski definition) is 5. The molecule has 0 bridgehead atoms. The monoisotopic (exact) mass is 387 g/mol. The minimum Gasteiger partial charge on any atom is -0.363 e. The van der Waals surface area contributed by atoms with E-state index in [-0.39, 0.29) is 23.6 Å². The fourth-order valence-electron chi connectivity index (χ4n) is 3.01. The SMILES string of the molecule is CCCCCNC(=O)C1CCN(c2nc(N(C)C)cc(C(F)(F)F)n2)CC1. The number of nitrogens with one attached hydrogen (secondary N) is 1. The van der Waals surface area contributed by atoms with Crippen LogP contribution in [0.15, 0.2) is 6.07 Å². The van der Waals surface area contributed by atoms with Crippen LogP contribution in [0.1, 0.15) is 44.7 Å². The Morgan fingerprint density at radius 3 is 2.48 bits per heavy atom. The van der Waals surface area contributed by atoms with Crippen LogP contribution in [0, 0.1) is 5.92 Å². The summed E-state index contributed by atoms with van der Waals surface area (Å²) in [4.78, 5) is 23.4. The largest absolute Gasteiger partial charge is 0.433 e. The van der Waals surface area contributed by atoms with Crippen LogP contribution < -0.4 is 15.1 Å². The first-order chi connectivity index (χ1) is 12.7. The van der Waals surface area contributed by atoms with Crippen molar-refractivity contribution in [2.45, 2.75) is 45.2 Å². The number of piperidine rings is 1. The molecule has 2 rings (SSSR count). The number of hydrogen-bond donors (Lipinski definition) is 1. The van der Waals surface area contributed by atoms with Crippen LogP contribution in [0.4, 0.5) is 24.9 Å². The molecule has 1 aliphatic rings. The summed E-state index contributed by atoms with van der Waals surface area (Å²) in [5.41, 5.74) is -0.952. The van der Waals surface area contributed by atoms with E-state index >= 15 is 0 Å². The summed E-state index contributed by atoms with van der Waals surface area (Å²) in [6, 6.07) is 0.944. The second-order valence-electron chi connectivity index (χ2n) is 7.06. The molecule has 9 heteroatoms. The third-order valence-electron chi connectivity index (χ3n) is 4.68. The van der Waals surface area contributed by atoms with Crippen molar-refractivity contribution in [3.05, 3.63) is 11.8 Å². The van der Waals surface area contributed by atoms with Gasteiger partial charge in [0.2, 0.25) is 11.9 Å². The van der Waals surface area contributed by atoms with Crippen LogP contribution in [0.2, 0.25) is 0 Å². The summed E-state index contributed by atoms with van der Waals surface area (Å²) in [6.45, 7) is 3.70. The molecular weight excluding hydrogens is 359 g/mol. The van der Waals surface area contributed by atoms with Crippen LogP contribution in [-0.2, 0) is 11.0 Å². The summed E-state index contributed by atoms with van der Waals surface area (Å²) in [7, 11) is 3.28. The van der Waals surface area contributed by atoms with Crippen molar-refractivity contribution in [1.29, 1.82) is 0 Å². The zero-order chi connectivity index (χ0) is 20.0. The normalized spacial score (nSPS) is 15.7. The highest BCUT2D eigenvalue weighted by atomic mass is 19.4. The van der Waals surface area contributed by atoms with Gasteiger partial charge in [-0.05, 0) is 19.3 Å². The number of carbonyl (C=O) groups is 1. The van der Waals surface area contributed by atoms with E-state index in [1.165, 1.54) is 4.90 Å². The van der Waals surface area contributed by atoms with Crippen LogP contribution in [0.3, 0.4) is 0 Å². The van der Waals surface area contributed by atoms with Crippen molar-refractivity contribution in [1.82, 2.24) is 15.3 Å². The molecule has 1 N–H and O–H groups in total. The predicted molar refractivity (Wildman–Crippen MR) is 98.8 cm³/mol. The first-order valence-corrected chi connectivity index (χ1v) is 9.38. The molecule has 6 nitrogen and oxygen atoms in total. The lowest BCUT2D eigenvalue weighted by atomic mass is 9.96. The minimum atomic E-state index is -4.53. The number of anilines is 2. The molecule has 1 aromatic rings. The molecule has 1 aromatic heterocycles. The van der Waals surface area contributed by atoms with Gasteiger partial charge in [-0.25, -0.2) is 4.98 Å². The number of halogens is 3. The first-order valence-electron chi connectivity index (χ1n) is 9.38. The number of rotatable bonds is 7. The number of carbonyl (C=O) groups excluding carboxylic acids is 1. The van der Waals surface area contributed by atoms with Gasteiger partial charge in [0.05, 0.1) is 0 Å². The topological polar surface area (TPSA) is 61.4 Å². The Kier molecular flexibility index (Phi) is 7.26. The molecule has 1 fully saturated rings. The number of aromatic nitrogens is 2. The summed E-state index contributed by atoms with van der Waals surface area (Å²) in [5, 5.41) is 2.95. The van der Waals surface area contributed by atoms with Gasteiger partial charge in [-0.3, -0.25) is 4.79 Å². The third kappa shape index (κ3) is 5.97. The standard InChI is InChI=1S/C18H28F3N5O/c1-4-5-6-9-22-16(27)13-7-10-26(11-8-13)17-23-14(18(19,20)21)12-15(24-17)25(2)3/h12-13H,4-11H2,1-3H3,(H,22,27). The molecule has 0 spiro atoms. The van der Waals surface area contributed by atoms with E-state index in [1.807, 2.05) is 0 Å². The zero-order valence-electron chi connectivity index (χ0n) is 16.1. The second-order valence-corrected chi connectivity index (χ2v) is 7.06. The van der Waals surface area contributed by atoms with E-state index in [0.717, 1.165) is 25.3 Å². The minimum absolute atomic E-state index is 0.0321. The van der Waals surface area contributed by atoms with Gasteiger partial charge in [0, 0.05) is 45.7 Å². The maximum absolute atomic E-state index is 13.1. The maximum Gasteiger partial charge on any atom is 0.433 e. The van der Waals surface area contributed by atoms with E-state index in [0.29, 0.717) is 32.5 Å². The lowest BCUT2D eigenvalue weighted by molar-refractivity contribution is -0.141. The summed E-state index contributed by atoms with van der Waals surface area (Å²) < 4.78 is 39.4. The smallest absolute Gasteiger partial charge is 0.363 e. The second kappa shape index (κ2) is 9.23. The molecule has 2 heterocycles. The van der Waals surface area contributed by atoms with Gasteiger partial charge in [-0.15, -0.1) is 0 Å². The third-order valence-corrected chi connectivity index (χ3v) is 4.68. The molecule has 0 aliphatic carbocycles. The highest BCUT2D eigenvalue weighted by Gasteiger charge is 2.35. The number of unbranched alkanes of at least 4 members (excludes halogenated alkanes) is 2. The fraction of sp³-hybridized carbons (Fsp3) is 0.722. The van der Waals surface area contributed by atoms with Crippen LogP contribution >= 0.6 is 0 Å². The van der Waals surface area contributed by atoms with E-state index in [1.54, 1.807) is 19.0 Å². The van der Waals surface area contributed by atoms with Crippen LogP contribution in [-0.4, -0.2) is 49.6 Å². The van der Waals surface area contributed by atoms with Gasteiger partial charge >= 0.3 is 6.18 Å². The van der Waals surface area contributed by atoms with Gasteiger partial charge in [0.1, 0.15) is 5.82 Å². The Balaban J connectivity index is 2.01. The average Bonchev–Trinajstić information content (AvgIpc) is 2.64. The molecule has 152 valence electrons. The highest BCUT2D eigenvalue weighted by Crippen LogP contribution is 2.31. The first kappa shape index (κ1) is 21.2. The van der Waals surface area contributed by atoms with Crippen LogP contribution in [0.25, 0.3) is 0 Å². The molecule has 1 aliphatic heterocycles. The molecule has 27 heavy (non-hydrogen) atoms. The molecule has 0 saturated carbocycles. The number of nitrogens with zero attached hydrogens (tertiary/aromatic N) is 4. The van der Waals surface area contributed by atoms with Crippen molar-refractivity contribution in [3.8, 4) is 0 Å². The van der Waals surface area contributed by atoms with Gasteiger partial charge < -0.3 is 15.1 Å². The molecule has 1 saturated heterocycles. The zero-order valence-corrected chi connectivity index (χ0v) is 16.1. The molecule has 1 amide bonds. The number of amides is 1. The molecule has 0 aromatic carbocycles.